The first-order chi connectivity index (χ1) is 14.7. The number of rotatable bonds is 14. The average Bonchev–Trinajstić information content (AvgIpc) is 3.29. The molecular weight excluding hydrogens is 380 g/mol. The molecule has 7 heteroatoms. The van der Waals surface area contributed by atoms with E-state index in [1.807, 2.05) is 12.1 Å². The summed E-state index contributed by atoms with van der Waals surface area (Å²) in [6, 6.07) is 8.21. The van der Waals surface area contributed by atoms with Gasteiger partial charge in [0.1, 0.15) is 12.4 Å². The topological polar surface area (TPSA) is 67.4 Å². The molecule has 1 fully saturated rings. The van der Waals surface area contributed by atoms with Crippen LogP contribution >= 0.6 is 0 Å². The highest BCUT2D eigenvalue weighted by molar-refractivity contribution is 5.79. The third-order valence-electron chi connectivity index (χ3n) is 5.11. The Kier molecular flexibility index (Phi) is 12.3. The molecule has 2 N–H and O–H groups in total. The van der Waals surface area contributed by atoms with Crippen LogP contribution in [0.15, 0.2) is 29.3 Å². The molecule has 0 aliphatic carbocycles. The smallest absolute Gasteiger partial charge is 0.191 e. The van der Waals surface area contributed by atoms with Crippen molar-refractivity contribution in [1.29, 1.82) is 0 Å². The average molecular weight is 421 g/mol. The second kappa shape index (κ2) is 15.0. The second-order valence-corrected chi connectivity index (χ2v) is 7.35. The fourth-order valence-corrected chi connectivity index (χ4v) is 3.21. The van der Waals surface area contributed by atoms with Crippen LogP contribution in [0.3, 0.4) is 0 Å². The summed E-state index contributed by atoms with van der Waals surface area (Å²) in [7, 11) is 0. The van der Waals surface area contributed by atoms with E-state index in [1.165, 1.54) is 0 Å². The fraction of sp³-hybridized carbons (Fsp3) is 0.696. The van der Waals surface area contributed by atoms with E-state index in [0.29, 0.717) is 13.2 Å². The summed E-state index contributed by atoms with van der Waals surface area (Å²) >= 11 is 0. The molecule has 1 saturated heterocycles. The van der Waals surface area contributed by atoms with Crippen LogP contribution in [0.4, 0.5) is 0 Å². The molecule has 1 aromatic carbocycles. The van der Waals surface area contributed by atoms with Gasteiger partial charge >= 0.3 is 0 Å². The van der Waals surface area contributed by atoms with Crippen molar-refractivity contribution < 1.29 is 14.2 Å². The van der Waals surface area contributed by atoms with Crippen molar-refractivity contribution in [2.45, 2.75) is 46.3 Å². The number of nitrogens with one attached hydrogen (secondary N) is 2. The second-order valence-electron chi connectivity index (χ2n) is 7.35. The fourth-order valence-electron chi connectivity index (χ4n) is 3.21. The quantitative estimate of drug-likeness (QED) is 0.274. The lowest BCUT2D eigenvalue weighted by molar-refractivity contribution is 0.0420. The van der Waals surface area contributed by atoms with Crippen LogP contribution in [0.25, 0.3) is 0 Å². The summed E-state index contributed by atoms with van der Waals surface area (Å²) in [6.45, 7) is 14.8. The summed E-state index contributed by atoms with van der Waals surface area (Å²) in [5.41, 5.74) is 1.16. The molecule has 1 aromatic rings. The standard InChI is InChI=1S/C23H40N4O3/c1-4-24-23(25-13-7-15-29-22-12-16-28-19-22)26-18-20-8-10-21(11-9-20)30-17-14-27(5-2)6-3/h8-11,22H,4-7,12-19H2,1-3H3,(H2,24,25,26). The van der Waals surface area contributed by atoms with Crippen molar-refractivity contribution in [3.63, 3.8) is 0 Å². The number of likely N-dealkylation sites (N-methyl/N-ethyl adjacent to an activating group) is 1. The molecule has 0 bridgehead atoms. The van der Waals surface area contributed by atoms with Gasteiger partial charge in [-0.3, -0.25) is 0 Å². The zero-order chi connectivity index (χ0) is 21.4. The van der Waals surface area contributed by atoms with Gasteiger partial charge in [0.15, 0.2) is 5.96 Å². The number of guanidine groups is 1. The molecule has 1 aliphatic heterocycles. The first-order valence-corrected chi connectivity index (χ1v) is 11.4. The SMILES string of the molecule is CCNC(=NCc1ccc(OCCN(CC)CC)cc1)NCCCOC1CCOC1. The Hall–Kier alpha value is -1.83. The van der Waals surface area contributed by atoms with Crippen molar-refractivity contribution in [3.8, 4) is 5.75 Å². The van der Waals surface area contributed by atoms with Crippen LogP contribution in [-0.2, 0) is 16.0 Å². The van der Waals surface area contributed by atoms with E-state index in [9.17, 15) is 0 Å². The zero-order valence-corrected chi connectivity index (χ0v) is 19.0. The molecule has 0 saturated carbocycles. The van der Waals surface area contributed by atoms with Crippen LogP contribution in [0, 0.1) is 0 Å². The zero-order valence-electron chi connectivity index (χ0n) is 19.0. The van der Waals surface area contributed by atoms with Gasteiger partial charge in [-0.2, -0.15) is 0 Å². The molecule has 0 radical (unpaired) electrons. The predicted octanol–water partition coefficient (Wildman–Crippen LogP) is 2.66. The van der Waals surface area contributed by atoms with Crippen LogP contribution in [-0.4, -0.2) is 76.1 Å². The number of ether oxygens (including phenoxy) is 3. The minimum Gasteiger partial charge on any atom is -0.492 e. The number of nitrogens with zero attached hydrogens (tertiary/aromatic N) is 2. The Balaban J connectivity index is 1.68. The van der Waals surface area contributed by atoms with Gasteiger partial charge in [-0.15, -0.1) is 0 Å². The van der Waals surface area contributed by atoms with E-state index in [2.05, 4.69) is 53.4 Å². The van der Waals surface area contributed by atoms with Crippen molar-refractivity contribution in [2.24, 2.45) is 4.99 Å². The van der Waals surface area contributed by atoms with Crippen LogP contribution < -0.4 is 15.4 Å². The largest absolute Gasteiger partial charge is 0.492 e. The summed E-state index contributed by atoms with van der Waals surface area (Å²) in [4.78, 5) is 7.04. The Morgan fingerprint density at radius 1 is 1.13 bits per heavy atom. The molecule has 1 heterocycles. The van der Waals surface area contributed by atoms with Gasteiger partial charge in [0.2, 0.25) is 0 Å². The van der Waals surface area contributed by atoms with Gasteiger partial charge in [0, 0.05) is 32.8 Å². The van der Waals surface area contributed by atoms with Crippen LogP contribution in [0.5, 0.6) is 5.75 Å². The van der Waals surface area contributed by atoms with Crippen molar-refractivity contribution in [3.05, 3.63) is 29.8 Å². The van der Waals surface area contributed by atoms with Crippen molar-refractivity contribution >= 4 is 5.96 Å². The normalized spacial score (nSPS) is 16.8. The number of hydrogen-bond donors (Lipinski definition) is 2. The molecule has 30 heavy (non-hydrogen) atoms. The minimum absolute atomic E-state index is 0.274. The molecule has 170 valence electrons. The Morgan fingerprint density at radius 3 is 2.60 bits per heavy atom. The third-order valence-corrected chi connectivity index (χ3v) is 5.11. The summed E-state index contributed by atoms with van der Waals surface area (Å²) < 4.78 is 17.0. The maximum Gasteiger partial charge on any atom is 0.191 e. The molecular formula is C23H40N4O3. The molecule has 1 atom stereocenters. The van der Waals surface area contributed by atoms with Gasteiger partial charge in [-0.1, -0.05) is 26.0 Å². The van der Waals surface area contributed by atoms with Crippen molar-refractivity contribution in [2.75, 3.05) is 59.2 Å². The lowest BCUT2D eigenvalue weighted by Crippen LogP contribution is -2.38. The molecule has 0 amide bonds. The van der Waals surface area contributed by atoms with Crippen LogP contribution in [0.1, 0.15) is 39.2 Å². The third kappa shape index (κ3) is 9.78. The molecule has 7 nitrogen and oxygen atoms in total. The van der Waals surface area contributed by atoms with E-state index in [0.717, 1.165) is 82.7 Å². The van der Waals surface area contributed by atoms with Crippen molar-refractivity contribution in [1.82, 2.24) is 15.5 Å². The summed E-state index contributed by atoms with van der Waals surface area (Å²) in [5, 5.41) is 6.67. The van der Waals surface area contributed by atoms with E-state index in [1.54, 1.807) is 0 Å². The summed E-state index contributed by atoms with van der Waals surface area (Å²) in [5.74, 6) is 1.74. The maximum atomic E-state index is 5.85. The highest BCUT2D eigenvalue weighted by Gasteiger charge is 2.15. The molecule has 2 rings (SSSR count). The number of aliphatic imine (C=N–C) groups is 1. The van der Waals surface area contributed by atoms with Gasteiger partial charge in [-0.05, 0) is 50.6 Å². The number of benzene rings is 1. The van der Waals surface area contributed by atoms with Gasteiger partial charge in [-0.25, -0.2) is 4.99 Å². The van der Waals surface area contributed by atoms with E-state index >= 15 is 0 Å². The first-order valence-electron chi connectivity index (χ1n) is 11.4. The first kappa shape index (κ1) is 24.4. The van der Waals surface area contributed by atoms with Gasteiger partial charge < -0.3 is 29.7 Å². The Bertz CT molecular complexity index is 585. The predicted molar refractivity (Wildman–Crippen MR) is 122 cm³/mol. The summed E-state index contributed by atoms with van der Waals surface area (Å²) in [6.07, 6.45) is 2.23. The molecule has 1 unspecified atom stereocenters. The lowest BCUT2D eigenvalue weighted by Gasteiger charge is -2.18. The van der Waals surface area contributed by atoms with E-state index in [-0.39, 0.29) is 6.10 Å². The van der Waals surface area contributed by atoms with E-state index in [4.69, 9.17) is 14.2 Å². The van der Waals surface area contributed by atoms with Gasteiger partial charge in [0.05, 0.1) is 19.3 Å². The number of hydrogen-bond acceptors (Lipinski definition) is 5. The van der Waals surface area contributed by atoms with Gasteiger partial charge in [0.25, 0.3) is 0 Å². The Morgan fingerprint density at radius 2 is 1.93 bits per heavy atom. The minimum atomic E-state index is 0.274. The van der Waals surface area contributed by atoms with E-state index < -0.39 is 0 Å². The maximum absolute atomic E-state index is 5.85. The van der Waals surface area contributed by atoms with Crippen LogP contribution in [0.2, 0.25) is 0 Å². The highest BCUT2D eigenvalue weighted by Crippen LogP contribution is 2.13. The lowest BCUT2D eigenvalue weighted by atomic mass is 10.2. The monoisotopic (exact) mass is 420 g/mol. The molecule has 0 aromatic heterocycles. The Labute approximate surface area is 182 Å². The highest BCUT2D eigenvalue weighted by atomic mass is 16.5. The molecule has 1 aliphatic rings. The molecule has 0 spiro atoms.